The summed E-state index contributed by atoms with van der Waals surface area (Å²) in [5, 5.41) is 3.39. The maximum Gasteiger partial charge on any atom is 0.250 e. The number of nitrogens with one attached hydrogen (secondary N) is 1. The van der Waals surface area contributed by atoms with Crippen molar-refractivity contribution in [2.24, 2.45) is 0 Å². The van der Waals surface area contributed by atoms with Crippen LogP contribution in [0.2, 0.25) is 0 Å². The van der Waals surface area contributed by atoms with Crippen LogP contribution in [-0.4, -0.2) is 24.6 Å². The van der Waals surface area contributed by atoms with E-state index in [1.807, 2.05) is 56.3 Å². The van der Waals surface area contributed by atoms with E-state index in [1.165, 1.54) is 17.4 Å². The van der Waals surface area contributed by atoms with Crippen molar-refractivity contribution in [2.75, 3.05) is 19.0 Å². The Kier molecular flexibility index (Phi) is 7.06. The van der Waals surface area contributed by atoms with E-state index in [4.69, 9.17) is 9.47 Å². The van der Waals surface area contributed by atoms with E-state index in [0.717, 1.165) is 31.9 Å². The fourth-order valence-corrected chi connectivity index (χ4v) is 3.96. The third-order valence-corrected chi connectivity index (χ3v) is 5.45. The van der Waals surface area contributed by atoms with E-state index in [1.54, 1.807) is 13.2 Å². The number of hydrogen-bond donors (Lipinski definition) is 1. The van der Waals surface area contributed by atoms with Gasteiger partial charge < -0.3 is 9.47 Å². The Balaban J connectivity index is 1.72. The van der Waals surface area contributed by atoms with Crippen LogP contribution in [0.3, 0.4) is 0 Å². The largest absolute Gasteiger partial charge is 0.496 e. The summed E-state index contributed by atoms with van der Waals surface area (Å²) in [4.78, 5) is 18.0. The van der Waals surface area contributed by atoms with E-state index in [9.17, 15) is 4.79 Å². The van der Waals surface area contributed by atoms with Gasteiger partial charge in [-0.2, -0.15) is 0 Å². The molecule has 7 heteroatoms. The van der Waals surface area contributed by atoms with Gasteiger partial charge in [0.1, 0.15) is 11.5 Å². The number of aryl methyl sites for hydroxylation is 1. The summed E-state index contributed by atoms with van der Waals surface area (Å²) in [7, 11) is 1.60. The van der Waals surface area contributed by atoms with Crippen molar-refractivity contribution in [3.63, 3.8) is 0 Å². The summed E-state index contributed by atoms with van der Waals surface area (Å²) in [6, 6.07) is 13.4. The SMILES string of the molecule is CCOc1ccc(-c2nc(NC(=O)/C=C/c3cc(Br)ccc3OC)sc2C)cc1. The van der Waals surface area contributed by atoms with Crippen molar-refractivity contribution in [3.8, 4) is 22.8 Å². The standard InChI is InChI=1S/C22H21BrN2O3S/c1-4-28-18-9-5-15(6-10-18)21-14(2)29-22(25-21)24-20(26)12-7-16-13-17(23)8-11-19(16)27-3/h5-13H,4H2,1-3H3,(H,24,25,26)/b12-7+. The molecule has 2 aromatic carbocycles. The zero-order chi connectivity index (χ0) is 20.8. The highest BCUT2D eigenvalue weighted by atomic mass is 79.9. The minimum absolute atomic E-state index is 0.251. The first-order valence-corrected chi connectivity index (χ1v) is 10.6. The topological polar surface area (TPSA) is 60.5 Å². The lowest BCUT2D eigenvalue weighted by molar-refractivity contribution is -0.111. The van der Waals surface area contributed by atoms with Gasteiger partial charge in [-0.15, -0.1) is 11.3 Å². The molecule has 1 N–H and O–H groups in total. The zero-order valence-corrected chi connectivity index (χ0v) is 18.8. The summed E-state index contributed by atoms with van der Waals surface area (Å²) in [5.41, 5.74) is 2.64. The lowest BCUT2D eigenvalue weighted by atomic mass is 10.1. The molecule has 0 radical (unpaired) electrons. The maximum atomic E-state index is 12.3. The van der Waals surface area contributed by atoms with Crippen LogP contribution in [0.5, 0.6) is 11.5 Å². The quantitative estimate of drug-likeness (QED) is 0.432. The highest BCUT2D eigenvalue weighted by molar-refractivity contribution is 9.10. The van der Waals surface area contributed by atoms with Gasteiger partial charge in [-0.3, -0.25) is 10.1 Å². The Morgan fingerprint density at radius 3 is 2.69 bits per heavy atom. The Labute approximate surface area is 182 Å². The molecule has 0 unspecified atom stereocenters. The van der Waals surface area contributed by atoms with Crippen molar-refractivity contribution in [1.82, 2.24) is 4.98 Å². The summed E-state index contributed by atoms with van der Waals surface area (Å²) >= 11 is 4.87. The molecule has 0 bridgehead atoms. The number of halogens is 1. The second-order valence-electron chi connectivity index (χ2n) is 6.09. The average molecular weight is 473 g/mol. The third-order valence-electron chi connectivity index (χ3n) is 4.07. The molecule has 0 saturated heterocycles. The van der Waals surface area contributed by atoms with Crippen LogP contribution >= 0.6 is 27.3 Å². The Morgan fingerprint density at radius 2 is 2.00 bits per heavy atom. The molecule has 0 aliphatic carbocycles. The highest BCUT2D eigenvalue weighted by Crippen LogP contribution is 2.31. The fourth-order valence-electron chi connectivity index (χ4n) is 2.74. The van der Waals surface area contributed by atoms with Gasteiger partial charge in [-0.1, -0.05) is 15.9 Å². The second-order valence-corrected chi connectivity index (χ2v) is 8.21. The number of anilines is 1. The molecule has 1 aromatic heterocycles. The van der Waals surface area contributed by atoms with Gasteiger partial charge in [-0.05, 0) is 62.4 Å². The van der Waals surface area contributed by atoms with Crippen molar-refractivity contribution >= 4 is 44.4 Å². The smallest absolute Gasteiger partial charge is 0.250 e. The predicted molar refractivity (Wildman–Crippen MR) is 122 cm³/mol. The number of ether oxygens (including phenoxy) is 2. The predicted octanol–water partition coefficient (Wildman–Crippen LogP) is 5.94. The molecule has 0 aliphatic heterocycles. The lowest BCUT2D eigenvalue weighted by Gasteiger charge is -2.05. The van der Waals surface area contributed by atoms with Crippen LogP contribution in [0.15, 0.2) is 53.0 Å². The van der Waals surface area contributed by atoms with E-state index >= 15 is 0 Å². The minimum Gasteiger partial charge on any atom is -0.496 e. The summed E-state index contributed by atoms with van der Waals surface area (Å²) in [6.45, 7) is 4.57. The maximum absolute atomic E-state index is 12.3. The number of carbonyl (C=O) groups excluding carboxylic acids is 1. The van der Waals surface area contributed by atoms with Crippen molar-refractivity contribution in [3.05, 3.63) is 63.5 Å². The van der Waals surface area contributed by atoms with E-state index in [2.05, 4.69) is 26.2 Å². The van der Waals surface area contributed by atoms with E-state index in [-0.39, 0.29) is 5.91 Å². The number of carbonyl (C=O) groups is 1. The molecular formula is C22H21BrN2O3S. The number of amides is 1. The van der Waals surface area contributed by atoms with Crippen LogP contribution in [0.4, 0.5) is 5.13 Å². The summed E-state index contributed by atoms with van der Waals surface area (Å²) in [5.74, 6) is 1.27. The van der Waals surface area contributed by atoms with Crippen molar-refractivity contribution in [2.45, 2.75) is 13.8 Å². The van der Waals surface area contributed by atoms with Crippen LogP contribution < -0.4 is 14.8 Å². The van der Waals surface area contributed by atoms with Crippen LogP contribution in [0.1, 0.15) is 17.4 Å². The minimum atomic E-state index is -0.251. The molecule has 150 valence electrons. The van der Waals surface area contributed by atoms with Gasteiger partial charge in [0.05, 0.1) is 19.4 Å². The molecule has 0 atom stereocenters. The molecule has 1 heterocycles. The average Bonchev–Trinajstić information content (AvgIpc) is 3.07. The molecule has 5 nitrogen and oxygen atoms in total. The molecule has 3 rings (SSSR count). The molecule has 0 aliphatic rings. The van der Waals surface area contributed by atoms with Crippen molar-refractivity contribution in [1.29, 1.82) is 0 Å². The highest BCUT2D eigenvalue weighted by Gasteiger charge is 2.11. The Hall–Kier alpha value is -2.64. The monoisotopic (exact) mass is 472 g/mol. The summed E-state index contributed by atoms with van der Waals surface area (Å²) < 4.78 is 11.7. The second kappa shape index (κ2) is 9.71. The first-order chi connectivity index (χ1) is 14.0. The number of rotatable bonds is 7. The molecule has 3 aromatic rings. The zero-order valence-electron chi connectivity index (χ0n) is 16.4. The molecular weight excluding hydrogens is 452 g/mol. The third kappa shape index (κ3) is 5.46. The van der Waals surface area contributed by atoms with Gasteiger partial charge in [0.2, 0.25) is 5.91 Å². The number of methoxy groups -OCH3 is 1. The molecule has 29 heavy (non-hydrogen) atoms. The van der Waals surface area contributed by atoms with Gasteiger partial charge in [0, 0.05) is 26.6 Å². The van der Waals surface area contributed by atoms with Gasteiger partial charge in [-0.25, -0.2) is 4.98 Å². The van der Waals surface area contributed by atoms with Crippen LogP contribution in [-0.2, 0) is 4.79 Å². The van der Waals surface area contributed by atoms with E-state index in [0.29, 0.717) is 17.5 Å². The number of thiazole rings is 1. The molecule has 0 spiro atoms. The van der Waals surface area contributed by atoms with Gasteiger partial charge in [0.25, 0.3) is 0 Å². The van der Waals surface area contributed by atoms with Gasteiger partial charge in [0.15, 0.2) is 5.13 Å². The van der Waals surface area contributed by atoms with Crippen LogP contribution in [0.25, 0.3) is 17.3 Å². The van der Waals surface area contributed by atoms with Crippen LogP contribution in [0, 0.1) is 6.92 Å². The first-order valence-electron chi connectivity index (χ1n) is 9.03. The Bertz CT molecular complexity index is 1030. The Morgan fingerprint density at radius 1 is 1.24 bits per heavy atom. The van der Waals surface area contributed by atoms with E-state index < -0.39 is 0 Å². The summed E-state index contributed by atoms with van der Waals surface area (Å²) in [6.07, 6.45) is 3.18. The number of benzene rings is 2. The molecule has 0 saturated carbocycles. The van der Waals surface area contributed by atoms with Gasteiger partial charge >= 0.3 is 0 Å². The number of hydrogen-bond acceptors (Lipinski definition) is 5. The molecule has 0 fully saturated rings. The lowest BCUT2D eigenvalue weighted by Crippen LogP contribution is -2.07. The molecule has 1 amide bonds. The fraction of sp³-hybridized carbons (Fsp3) is 0.182. The first kappa shape index (κ1) is 21.1. The van der Waals surface area contributed by atoms with Crippen molar-refractivity contribution < 1.29 is 14.3 Å². The number of aromatic nitrogens is 1. The number of nitrogens with zero attached hydrogens (tertiary/aromatic N) is 1. The normalized spacial score (nSPS) is 10.9.